The molecule has 0 radical (unpaired) electrons. The molecule has 3 heterocycles. The largest absolute Gasteiger partial charge is 0.373 e. The minimum absolute atomic E-state index is 0.0774. The second kappa shape index (κ2) is 6.89. The van der Waals surface area contributed by atoms with Crippen molar-refractivity contribution in [2.24, 2.45) is 11.3 Å². The number of likely N-dealkylation sites (tertiary alicyclic amines) is 2. The van der Waals surface area contributed by atoms with E-state index in [2.05, 4.69) is 15.2 Å². The van der Waals surface area contributed by atoms with Crippen LogP contribution in [0.5, 0.6) is 0 Å². The lowest BCUT2D eigenvalue weighted by atomic mass is 9.73. The van der Waals surface area contributed by atoms with Crippen molar-refractivity contribution in [1.29, 1.82) is 0 Å². The van der Waals surface area contributed by atoms with Gasteiger partial charge in [-0.05, 0) is 50.2 Å². The Hall–Kier alpha value is -2.11. The van der Waals surface area contributed by atoms with Crippen LogP contribution in [0.2, 0.25) is 0 Å². The van der Waals surface area contributed by atoms with Crippen LogP contribution in [0.4, 0.5) is 5.82 Å². The Bertz CT molecular complexity index is 703. The van der Waals surface area contributed by atoms with Gasteiger partial charge in [0.15, 0.2) is 0 Å². The number of nitrogens with zero attached hydrogens (tertiary/aromatic N) is 3. The standard InChI is InChI=1S/C20H28N4O2/c1-21-17-11-16(6-9-22-17)19(26)23-10-2-7-20(13-23)8-5-18(25)24(14-20)12-15-3-4-15/h6,9,11,15H,2-5,7-8,10,12-14H2,1H3,(H,21,22)/t20-/m0/s1. The van der Waals surface area contributed by atoms with Gasteiger partial charge in [0.1, 0.15) is 5.82 Å². The predicted molar refractivity (Wildman–Crippen MR) is 99.9 cm³/mol. The molecule has 6 heteroatoms. The highest BCUT2D eigenvalue weighted by atomic mass is 16.2. The van der Waals surface area contributed by atoms with Crippen LogP contribution in [0, 0.1) is 11.3 Å². The molecule has 0 aromatic carbocycles. The molecule has 1 spiro atoms. The van der Waals surface area contributed by atoms with Crippen molar-refractivity contribution in [3.63, 3.8) is 0 Å². The third kappa shape index (κ3) is 3.55. The van der Waals surface area contributed by atoms with E-state index in [1.807, 2.05) is 11.0 Å². The fraction of sp³-hybridized carbons (Fsp3) is 0.650. The first-order chi connectivity index (χ1) is 12.6. The van der Waals surface area contributed by atoms with Crippen molar-refractivity contribution in [2.75, 3.05) is 38.5 Å². The molecule has 0 unspecified atom stereocenters. The Morgan fingerprint density at radius 3 is 2.96 bits per heavy atom. The first kappa shape index (κ1) is 17.3. The summed E-state index contributed by atoms with van der Waals surface area (Å²) < 4.78 is 0. The number of pyridine rings is 1. The second-order valence-corrected chi connectivity index (χ2v) is 8.23. The van der Waals surface area contributed by atoms with Gasteiger partial charge in [-0.15, -0.1) is 0 Å². The van der Waals surface area contributed by atoms with Crippen molar-refractivity contribution in [3.8, 4) is 0 Å². The van der Waals surface area contributed by atoms with Crippen LogP contribution >= 0.6 is 0 Å². The first-order valence-corrected chi connectivity index (χ1v) is 9.79. The SMILES string of the molecule is CNc1cc(C(=O)N2CCC[C@]3(CCC(=O)N(CC4CC4)C3)C2)ccn1. The molecule has 1 aromatic rings. The topological polar surface area (TPSA) is 65.5 Å². The van der Waals surface area contributed by atoms with Gasteiger partial charge in [0, 0.05) is 56.8 Å². The summed E-state index contributed by atoms with van der Waals surface area (Å²) in [4.78, 5) is 33.6. The Morgan fingerprint density at radius 1 is 1.35 bits per heavy atom. The van der Waals surface area contributed by atoms with Crippen LogP contribution in [0.25, 0.3) is 0 Å². The van der Waals surface area contributed by atoms with Gasteiger partial charge in [-0.3, -0.25) is 9.59 Å². The molecule has 2 amide bonds. The second-order valence-electron chi connectivity index (χ2n) is 8.23. The molecular weight excluding hydrogens is 328 g/mol. The lowest BCUT2D eigenvalue weighted by Crippen LogP contribution is -2.55. The predicted octanol–water partition coefficient (Wildman–Crippen LogP) is 2.38. The fourth-order valence-electron chi connectivity index (χ4n) is 4.48. The summed E-state index contributed by atoms with van der Waals surface area (Å²) in [7, 11) is 1.81. The number of hydrogen-bond donors (Lipinski definition) is 1. The van der Waals surface area contributed by atoms with Crippen molar-refractivity contribution in [3.05, 3.63) is 23.9 Å². The number of amides is 2. The van der Waals surface area contributed by atoms with Gasteiger partial charge in [0.25, 0.3) is 5.91 Å². The third-order valence-corrected chi connectivity index (χ3v) is 6.14. The van der Waals surface area contributed by atoms with Gasteiger partial charge in [-0.25, -0.2) is 4.98 Å². The van der Waals surface area contributed by atoms with E-state index >= 15 is 0 Å². The maximum Gasteiger partial charge on any atom is 0.254 e. The molecule has 0 bridgehead atoms. The number of hydrogen-bond acceptors (Lipinski definition) is 4. The average Bonchev–Trinajstić information content (AvgIpc) is 3.48. The zero-order valence-corrected chi connectivity index (χ0v) is 15.5. The van der Waals surface area contributed by atoms with E-state index in [1.165, 1.54) is 12.8 Å². The maximum absolute atomic E-state index is 13.0. The Balaban J connectivity index is 1.47. The minimum Gasteiger partial charge on any atom is -0.373 e. The molecular formula is C20H28N4O2. The van der Waals surface area contributed by atoms with E-state index in [-0.39, 0.29) is 11.3 Å². The molecule has 26 heavy (non-hydrogen) atoms. The molecule has 4 rings (SSSR count). The third-order valence-electron chi connectivity index (χ3n) is 6.14. The molecule has 2 aliphatic heterocycles. The van der Waals surface area contributed by atoms with Crippen LogP contribution in [0.15, 0.2) is 18.3 Å². The van der Waals surface area contributed by atoms with E-state index in [0.29, 0.717) is 29.6 Å². The molecule has 1 atom stereocenters. The Morgan fingerprint density at radius 2 is 2.19 bits per heavy atom. The normalized spacial score (nSPS) is 26.3. The minimum atomic E-state index is 0.0774. The van der Waals surface area contributed by atoms with Gasteiger partial charge in [0.2, 0.25) is 5.91 Å². The molecule has 1 N–H and O–H groups in total. The smallest absolute Gasteiger partial charge is 0.254 e. The van der Waals surface area contributed by atoms with Gasteiger partial charge in [-0.1, -0.05) is 0 Å². The summed E-state index contributed by atoms with van der Waals surface area (Å²) in [6.45, 7) is 3.31. The molecule has 1 aliphatic carbocycles. The van der Waals surface area contributed by atoms with E-state index in [1.54, 1.807) is 19.3 Å². The summed E-state index contributed by atoms with van der Waals surface area (Å²) in [5, 5.41) is 2.99. The van der Waals surface area contributed by atoms with Gasteiger partial charge >= 0.3 is 0 Å². The monoisotopic (exact) mass is 356 g/mol. The number of aromatic nitrogens is 1. The van der Waals surface area contributed by atoms with Crippen LogP contribution in [0.1, 0.15) is 48.9 Å². The molecule has 3 aliphatic rings. The first-order valence-electron chi connectivity index (χ1n) is 9.79. The maximum atomic E-state index is 13.0. The number of nitrogens with one attached hydrogen (secondary N) is 1. The zero-order chi connectivity index (χ0) is 18.1. The van der Waals surface area contributed by atoms with Gasteiger partial charge in [-0.2, -0.15) is 0 Å². The summed E-state index contributed by atoms with van der Waals surface area (Å²) in [5.74, 6) is 1.81. The van der Waals surface area contributed by atoms with Gasteiger partial charge < -0.3 is 15.1 Å². The zero-order valence-electron chi connectivity index (χ0n) is 15.5. The van der Waals surface area contributed by atoms with Crippen LogP contribution in [-0.2, 0) is 4.79 Å². The molecule has 3 fully saturated rings. The Labute approximate surface area is 155 Å². The highest BCUT2D eigenvalue weighted by molar-refractivity contribution is 5.95. The van der Waals surface area contributed by atoms with Crippen LogP contribution < -0.4 is 5.32 Å². The lowest BCUT2D eigenvalue weighted by molar-refractivity contribution is -0.139. The molecule has 6 nitrogen and oxygen atoms in total. The number of carbonyl (C=O) groups is 2. The molecule has 1 saturated carbocycles. The van der Waals surface area contributed by atoms with Crippen LogP contribution in [-0.4, -0.2) is 59.8 Å². The quantitative estimate of drug-likeness (QED) is 0.900. The average molecular weight is 356 g/mol. The fourth-order valence-corrected chi connectivity index (χ4v) is 4.48. The van der Waals surface area contributed by atoms with E-state index < -0.39 is 0 Å². The van der Waals surface area contributed by atoms with Crippen molar-refractivity contribution in [2.45, 2.75) is 38.5 Å². The van der Waals surface area contributed by atoms with Crippen molar-refractivity contribution in [1.82, 2.24) is 14.8 Å². The van der Waals surface area contributed by atoms with Crippen LogP contribution in [0.3, 0.4) is 0 Å². The molecule has 1 aromatic heterocycles. The van der Waals surface area contributed by atoms with Gasteiger partial charge in [0.05, 0.1) is 0 Å². The molecule has 140 valence electrons. The summed E-state index contributed by atoms with van der Waals surface area (Å²) in [6.07, 6.45) is 7.87. The van der Waals surface area contributed by atoms with Crippen molar-refractivity contribution < 1.29 is 9.59 Å². The van der Waals surface area contributed by atoms with E-state index in [0.717, 1.165) is 45.4 Å². The number of anilines is 1. The van der Waals surface area contributed by atoms with E-state index in [4.69, 9.17) is 0 Å². The highest BCUT2D eigenvalue weighted by Crippen LogP contribution is 2.41. The number of rotatable bonds is 4. The lowest BCUT2D eigenvalue weighted by Gasteiger charge is -2.48. The summed E-state index contributed by atoms with van der Waals surface area (Å²) in [5.41, 5.74) is 0.762. The van der Waals surface area contributed by atoms with Crippen molar-refractivity contribution >= 4 is 17.6 Å². The summed E-state index contributed by atoms with van der Waals surface area (Å²) in [6, 6.07) is 3.60. The molecule has 2 saturated heterocycles. The highest BCUT2D eigenvalue weighted by Gasteiger charge is 2.43. The van der Waals surface area contributed by atoms with E-state index in [9.17, 15) is 9.59 Å². The summed E-state index contributed by atoms with van der Waals surface area (Å²) >= 11 is 0. The Kier molecular flexibility index (Phi) is 4.59. The number of piperidine rings is 2. The number of carbonyl (C=O) groups excluding carboxylic acids is 2.